The summed E-state index contributed by atoms with van der Waals surface area (Å²) in [5.41, 5.74) is 0. The normalized spacial score (nSPS) is 24.9. The lowest BCUT2D eigenvalue weighted by Gasteiger charge is -2.32. The summed E-state index contributed by atoms with van der Waals surface area (Å²) in [5, 5.41) is 3.54. The Bertz CT molecular complexity index is 187. The van der Waals surface area contributed by atoms with Crippen molar-refractivity contribution in [3.63, 3.8) is 0 Å². The van der Waals surface area contributed by atoms with Gasteiger partial charge < -0.3 is 10.2 Å². The van der Waals surface area contributed by atoms with Crippen molar-refractivity contribution in [1.29, 1.82) is 0 Å². The van der Waals surface area contributed by atoms with Crippen LogP contribution < -0.4 is 5.32 Å². The molecule has 1 fully saturated rings. The molecule has 3 unspecified atom stereocenters. The zero-order valence-electron chi connectivity index (χ0n) is 12.3. The van der Waals surface area contributed by atoms with Crippen LogP contribution >= 0.6 is 0 Å². The van der Waals surface area contributed by atoms with Crippen LogP contribution in [0.25, 0.3) is 0 Å². The summed E-state index contributed by atoms with van der Waals surface area (Å²) in [7, 11) is 0. The molecule has 0 spiro atoms. The van der Waals surface area contributed by atoms with Gasteiger partial charge in [0.05, 0.1) is 0 Å². The summed E-state index contributed by atoms with van der Waals surface area (Å²) in [4.78, 5) is 2.63. The Labute approximate surface area is 108 Å². The zero-order chi connectivity index (χ0) is 12.7. The molecule has 0 saturated carbocycles. The number of hydrogen-bond donors (Lipinski definition) is 1. The van der Waals surface area contributed by atoms with Crippen LogP contribution in [0.15, 0.2) is 0 Å². The molecule has 0 aliphatic carbocycles. The Morgan fingerprint density at radius 3 is 2.59 bits per heavy atom. The summed E-state index contributed by atoms with van der Waals surface area (Å²) in [6.07, 6.45) is 5.44. The van der Waals surface area contributed by atoms with Crippen molar-refractivity contribution in [2.24, 2.45) is 11.8 Å². The third-order valence-electron chi connectivity index (χ3n) is 4.63. The molecular formula is C15H32N2. The molecule has 0 aromatic carbocycles. The van der Waals surface area contributed by atoms with E-state index in [9.17, 15) is 0 Å². The molecule has 3 atom stereocenters. The van der Waals surface area contributed by atoms with E-state index in [0.717, 1.165) is 17.9 Å². The standard InChI is InChI=1S/C15H32N2/c1-5-14(4)17(6-2)11-9-13(3)15-8-7-10-16-12-15/h13-16H,5-12H2,1-4H3. The number of rotatable bonds is 7. The van der Waals surface area contributed by atoms with Gasteiger partial charge in [-0.25, -0.2) is 0 Å². The van der Waals surface area contributed by atoms with E-state index in [0.29, 0.717) is 0 Å². The van der Waals surface area contributed by atoms with Gasteiger partial charge in [-0.3, -0.25) is 0 Å². The number of piperidine rings is 1. The van der Waals surface area contributed by atoms with Crippen molar-refractivity contribution >= 4 is 0 Å². The van der Waals surface area contributed by atoms with E-state index in [-0.39, 0.29) is 0 Å². The number of nitrogens with zero attached hydrogens (tertiary/aromatic N) is 1. The largest absolute Gasteiger partial charge is 0.316 e. The summed E-state index contributed by atoms with van der Waals surface area (Å²) in [6, 6.07) is 0.747. The monoisotopic (exact) mass is 240 g/mol. The number of hydrogen-bond acceptors (Lipinski definition) is 2. The average Bonchev–Trinajstić information content (AvgIpc) is 2.39. The minimum atomic E-state index is 0.747. The van der Waals surface area contributed by atoms with Gasteiger partial charge in [0.15, 0.2) is 0 Å². The van der Waals surface area contributed by atoms with Crippen molar-refractivity contribution in [3.8, 4) is 0 Å². The van der Waals surface area contributed by atoms with E-state index in [1.165, 1.54) is 51.9 Å². The Morgan fingerprint density at radius 2 is 2.06 bits per heavy atom. The van der Waals surface area contributed by atoms with Crippen molar-refractivity contribution in [1.82, 2.24) is 10.2 Å². The Balaban J connectivity index is 2.27. The van der Waals surface area contributed by atoms with Crippen LogP contribution in [-0.2, 0) is 0 Å². The van der Waals surface area contributed by atoms with Gasteiger partial charge in [0.1, 0.15) is 0 Å². The van der Waals surface area contributed by atoms with Crippen molar-refractivity contribution in [3.05, 3.63) is 0 Å². The van der Waals surface area contributed by atoms with Crippen LogP contribution in [0.3, 0.4) is 0 Å². The van der Waals surface area contributed by atoms with Gasteiger partial charge in [0.2, 0.25) is 0 Å². The molecule has 0 amide bonds. The molecule has 2 heteroatoms. The van der Waals surface area contributed by atoms with E-state index in [1.807, 2.05) is 0 Å². The molecule has 1 saturated heterocycles. The van der Waals surface area contributed by atoms with E-state index in [1.54, 1.807) is 0 Å². The number of nitrogens with one attached hydrogen (secondary N) is 1. The van der Waals surface area contributed by atoms with Crippen molar-refractivity contribution < 1.29 is 0 Å². The first-order chi connectivity index (χ1) is 8.19. The fraction of sp³-hybridized carbons (Fsp3) is 1.00. The van der Waals surface area contributed by atoms with Gasteiger partial charge in [0, 0.05) is 6.04 Å². The summed E-state index contributed by atoms with van der Waals surface area (Å²) >= 11 is 0. The lowest BCUT2D eigenvalue weighted by atomic mass is 9.85. The predicted octanol–water partition coefficient (Wildman–Crippen LogP) is 3.13. The highest BCUT2D eigenvalue weighted by Crippen LogP contribution is 2.23. The second-order valence-electron chi connectivity index (χ2n) is 5.76. The van der Waals surface area contributed by atoms with Crippen LogP contribution in [-0.4, -0.2) is 37.1 Å². The Kier molecular flexibility index (Phi) is 7.14. The Hall–Kier alpha value is -0.0800. The zero-order valence-corrected chi connectivity index (χ0v) is 12.3. The third kappa shape index (κ3) is 4.97. The van der Waals surface area contributed by atoms with Crippen molar-refractivity contribution in [2.75, 3.05) is 26.2 Å². The minimum absolute atomic E-state index is 0.747. The molecule has 0 aromatic heterocycles. The summed E-state index contributed by atoms with van der Waals surface area (Å²) in [6.45, 7) is 14.3. The van der Waals surface area contributed by atoms with Gasteiger partial charge >= 0.3 is 0 Å². The molecule has 0 bridgehead atoms. The molecule has 0 radical (unpaired) electrons. The van der Waals surface area contributed by atoms with Crippen LogP contribution in [0.2, 0.25) is 0 Å². The van der Waals surface area contributed by atoms with E-state index >= 15 is 0 Å². The SMILES string of the molecule is CCC(C)N(CC)CCC(C)C1CCCNC1. The highest BCUT2D eigenvalue weighted by atomic mass is 15.1. The average molecular weight is 240 g/mol. The lowest BCUT2D eigenvalue weighted by molar-refractivity contribution is 0.179. The predicted molar refractivity (Wildman–Crippen MR) is 76.4 cm³/mol. The molecular weight excluding hydrogens is 208 g/mol. The van der Waals surface area contributed by atoms with Gasteiger partial charge in [-0.1, -0.05) is 20.8 Å². The highest BCUT2D eigenvalue weighted by Gasteiger charge is 2.20. The van der Waals surface area contributed by atoms with Crippen LogP contribution in [0.5, 0.6) is 0 Å². The van der Waals surface area contributed by atoms with Gasteiger partial charge in [-0.15, -0.1) is 0 Å². The van der Waals surface area contributed by atoms with E-state index < -0.39 is 0 Å². The van der Waals surface area contributed by atoms with Gasteiger partial charge in [-0.2, -0.15) is 0 Å². The van der Waals surface area contributed by atoms with Gasteiger partial charge in [-0.05, 0) is 70.6 Å². The second-order valence-corrected chi connectivity index (χ2v) is 5.76. The molecule has 102 valence electrons. The summed E-state index contributed by atoms with van der Waals surface area (Å²) in [5.74, 6) is 1.79. The van der Waals surface area contributed by atoms with E-state index in [4.69, 9.17) is 0 Å². The van der Waals surface area contributed by atoms with Gasteiger partial charge in [0.25, 0.3) is 0 Å². The van der Waals surface area contributed by atoms with Crippen LogP contribution in [0, 0.1) is 11.8 Å². The highest BCUT2D eigenvalue weighted by molar-refractivity contribution is 4.75. The quantitative estimate of drug-likeness (QED) is 0.735. The maximum atomic E-state index is 3.54. The first-order valence-electron chi connectivity index (χ1n) is 7.63. The van der Waals surface area contributed by atoms with E-state index in [2.05, 4.69) is 37.9 Å². The molecule has 1 N–H and O–H groups in total. The Morgan fingerprint density at radius 1 is 1.29 bits per heavy atom. The molecule has 1 heterocycles. The fourth-order valence-electron chi connectivity index (χ4n) is 2.92. The molecule has 1 rings (SSSR count). The minimum Gasteiger partial charge on any atom is -0.316 e. The molecule has 1 aliphatic rings. The summed E-state index contributed by atoms with van der Waals surface area (Å²) < 4.78 is 0. The first kappa shape index (κ1) is 15.0. The smallest absolute Gasteiger partial charge is 0.00641 e. The maximum absolute atomic E-state index is 3.54. The second kappa shape index (κ2) is 8.10. The van der Waals surface area contributed by atoms with Crippen molar-refractivity contribution in [2.45, 2.75) is 59.4 Å². The van der Waals surface area contributed by atoms with Crippen LogP contribution in [0.1, 0.15) is 53.4 Å². The molecule has 2 nitrogen and oxygen atoms in total. The lowest BCUT2D eigenvalue weighted by Crippen LogP contribution is -2.37. The molecule has 0 aromatic rings. The topological polar surface area (TPSA) is 15.3 Å². The first-order valence-corrected chi connectivity index (χ1v) is 7.63. The molecule has 17 heavy (non-hydrogen) atoms. The fourth-order valence-corrected chi connectivity index (χ4v) is 2.92. The molecule has 1 aliphatic heterocycles. The maximum Gasteiger partial charge on any atom is 0.00641 e. The van der Waals surface area contributed by atoms with Crippen LogP contribution in [0.4, 0.5) is 0 Å². The third-order valence-corrected chi connectivity index (χ3v) is 4.63.